The van der Waals surface area contributed by atoms with Crippen LogP contribution < -0.4 is 16.1 Å². The molecule has 236 valence electrons. The zero-order valence-corrected chi connectivity index (χ0v) is 24.4. The first-order valence-corrected chi connectivity index (χ1v) is 14.4. The van der Waals surface area contributed by atoms with Crippen LogP contribution in [0.3, 0.4) is 0 Å². The van der Waals surface area contributed by atoms with Crippen LogP contribution in [0.1, 0.15) is 52.7 Å². The average Bonchev–Trinajstić information content (AvgIpc) is 2.94. The molecule has 0 atom stereocenters. The molecular formula is C28H32F6N4O4S. The SMILES string of the molecule is CSc1ccc(CNC2(NC(=O)Cc3c(C(=O)NOC(=O)C(F)(F)F)cccc3C(F)(F)F)CCC(N(C)C)CC2)cc1. The van der Waals surface area contributed by atoms with Gasteiger partial charge in [0.1, 0.15) is 0 Å². The summed E-state index contributed by atoms with van der Waals surface area (Å²) < 4.78 is 79.1. The summed E-state index contributed by atoms with van der Waals surface area (Å²) in [4.78, 5) is 43.7. The third kappa shape index (κ3) is 9.34. The minimum Gasteiger partial charge on any atom is -0.338 e. The molecule has 1 aliphatic rings. The summed E-state index contributed by atoms with van der Waals surface area (Å²) in [7, 11) is 3.87. The van der Waals surface area contributed by atoms with Crippen molar-refractivity contribution >= 4 is 29.5 Å². The van der Waals surface area contributed by atoms with Crippen molar-refractivity contribution in [3.8, 4) is 0 Å². The largest absolute Gasteiger partial charge is 0.493 e. The fraction of sp³-hybridized carbons (Fsp3) is 0.464. The summed E-state index contributed by atoms with van der Waals surface area (Å²) in [6, 6.07) is 10.4. The van der Waals surface area contributed by atoms with Crippen LogP contribution in [-0.2, 0) is 33.6 Å². The number of nitrogens with one attached hydrogen (secondary N) is 3. The van der Waals surface area contributed by atoms with Crippen LogP contribution in [0.5, 0.6) is 0 Å². The van der Waals surface area contributed by atoms with Gasteiger partial charge in [0.2, 0.25) is 5.91 Å². The van der Waals surface area contributed by atoms with Gasteiger partial charge in [-0.25, -0.2) is 4.79 Å². The van der Waals surface area contributed by atoms with Gasteiger partial charge >= 0.3 is 18.3 Å². The number of hydrogen-bond donors (Lipinski definition) is 3. The highest BCUT2D eigenvalue weighted by atomic mass is 32.2. The topological polar surface area (TPSA) is 99.8 Å². The van der Waals surface area contributed by atoms with Crippen LogP contribution in [0.4, 0.5) is 26.3 Å². The molecule has 2 aromatic rings. The number of rotatable bonds is 9. The second kappa shape index (κ2) is 14.0. The highest BCUT2D eigenvalue weighted by molar-refractivity contribution is 7.98. The molecule has 0 spiro atoms. The molecule has 1 aliphatic carbocycles. The van der Waals surface area contributed by atoms with E-state index in [0.29, 0.717) is 38.3 Å². The summed E-state index contributed by atoms with van der Waals surface area (Å²) in [6.45, 7) is 0.360. The first-order chi connectivity index (χ1) is 20.0. The Kier molecular flexibility index (Phi) is 11.1. The van der Waals surface area contributed by atoms with Crippen LogP contribution in [0.2, 0.25) is 0 Å². The maximum Gasteiger partial charge on any atom is 0.493 e. The molecule has 3 N–H and O–H groups in total. The number of hydroxylamine groups is 1. The van der Waals surface area contributed by atoms with Crippen molar-refractivity contribution in [1.82, 2.24) is 21.0 Å². The van der Waals surface area contributed by atoms with Crippen molar-refractivity contribution in [2.75, 3.05) is 20.4 Å². The standard InChI is InChI=1S/C28H32F6N4O4S/c1-38(2)18-11-13-26(14-12-18,35-16-17-7-9-19(43-3)10-8-17)36-23(39)15-21-20(5-4-6-22(21)27(29,30)31)24(40)37-42-25(41)28(32,33)34/h4-10,18,35H,11-16H2,1-3H3,(H,36,39)(H,37,40). The summed E-state index contributed by atoms with van der Waals surface area (Å²) >= 11 is 1.58. The molecule has 15 heteroatoms. The molecule has 0 bridgehead atoms. The van der Waals surface area contributed by atoms with Crippen molar-refractivity contribution in [3.05, 3.63) is 64.7 Å². The lowest BCUT2D eigenvalue weighted by Crippen LogP contribution is -2.61. The van der Waals surface area contributed by atoms with Gasteiger partial charge in [-0.2, -0.15) is 31.8 Å². The fourth-order valence-electron chi connectivity index (χ4n) is 4.91. The van der Waals surface area contributed by atoms with Crippen LogP contribution in [-0.4, -0.2) is 60.9 Å². The first kappa shape index (κ1) is 34.2. The highest BCUT2D eigenvalue weighted by Gasteiger charge is 2.43. The van der Waals surface area contributed by atoms with E-state index >= 15 is 0 Å². The Morgan fingerprint density at radius 1 is 1.00 bits per heavy atom. The number of benzene rings is 2. The van der Waals surface area contributed by atoms with Crippen molar-refractivity contribution in [3.63, 3.8) is 0 Å². The second-order valence-electron chi connectivity index (χ2n) is 10.4. The minimum atomic E-state index is -5.45. The molecule has 0 aromatic heterocycles. The molecule has 0 saturated heterocycles. The molecule has 2 aromatic carbocycles. The highest BCUT2D eigenvalue weighted by Crippen LogP contribution is 2.35. The number of nitrogens with zero attached hydrogens (tertiary/aromatic N) is 1. The van der Waals surface area contributed by atoms with Crippen LogP contribution >= 0.6 is 11.8 Å². The number of amides is 2. The predicted molar refractivity (Wildman–Crippen MR) is 147 cm³/mol. The molecule has 0 heterocycles. The number of hydrogen-bond acceptors (Lipinski definition) is 7. The summed E-state index contributed by atoms with van der Waals surface area (Å²) in [5.41, 5.74) is -1.70. The first-order valence-electron chi connectivity index (χ1n) is 13.2. The van der Waals surface area contributed by atoms with E-state index in [-0.39, 0.29) is 6.04 Å². The Labute approximate surface area is 248 Å². The van der Waals surface area contributed by atoms with Gasteiger partial charge in [0.25, 0.3) is 5.91 Å². The molecule has 8 nitrogen and oxygen atoms in total. The van der Waals surface area contributed by atoms with Gasteiger partial charge in [-0.15, -0.1) is 11.8 Å². The lowest BCUT2D eigenvalue weighted by atomic mass is 9.84. The van der Waals surface area contributed by atoms with Gasteiger partial charge in [-0.3, -0.25) is 14.9 Å². The third-order valence-corrected chi connectivity index (χ3v) is 7.98. The van der Waals surface area contributed by atoms with Gasteiger partial charge < -0.3 is 15.1 Å². The molecular weight excluding hydrogens is 602 g/mol. The van der Waals surface area contributed by atoms with E-state index in [1.807, 2.05) is 44.6 Å². The number of alkyl halides is 6. The molecule has 43 heavy (non-hydrogen) atoms. The fourth-order valence-corrected chi connectivity index (χ4v) is 5.31. The van der Waals surface area contributed by atoms with E-state index in [1.54, 1.807) is 11.8 Å². The molecule has 1 saturated carbocycles. The van der Waals surface area contributed by atoms with Crippen molar-refractivity contribution in [2.24, 2.45) is 0 Å². The maximum absolute atomic E-state index is 13.9. The molecule has 1 fully saturated rings. The Hall–Kier alpha value is -3.30. The normalized spacial score (nSPS) is 19.2. The average molecular weight is 635 g/mol. The Morgan fingerprint density at radius 3 is 2.16 bits per heavy atom. The van der Waals surface area contributed by atoms with Gasteiger partial charge in [-0.1, -0.05) is 18.2 Å². The van der Waals surface area contributed by atoms with Crippen molar-refractivity contribution in [1.29, 1.82) is 0 Å². The lowest BCUT2D eigenvalue weighted by molar-refractivity contribution is -0.204. The Bertz CT molecular complexity index is 1290. The smallest absolute Gasteiger partial charge is 0.338 e. The van der Waals surface area contributed by atoms with Crippen molar-refractivity contribution in [2.45, 2.75) is 67.6 Å². The lowest BCUT2D eigenvalue weighted by Gasteiger charge is -2.43. The number of thioether (sulfide) groups is 1. The van der Waals surface area contributed by atoms with Crippen LogP contribution in [0.15, 0.2) is 47.4 Å². The van der Waals surface area contributed by atoms with E-state index in [2.05, 4.69) is 20.4 Å². The second-order valence-corrected chi connectivity index (χ2v) is 11.2. The Morgan fingerprint density at radius 2 is 1.63 bits per heavy atom. The quantitative estimate of drug-likeness (QED) is 0.157. The van der Waals surface area contributed by atoms with E-state index < -0.39 is 58.9 Å². The molecule has 0 unspecified atom stereocenters. The molecule has 0 radical (unpaired) electrons. The van der Waals surface area contributed by atoms with Crippen LogP contribution in [0, 0.1) is 0 Å². The summed E-state index contributed by atoms with van der Waals surface area (Å²) in [6.07, 6.45) is -7.13. The maximum atomic E-state index is 13.9. The van der Waals surface area contributed by atoms with Gasteiger partial charge in [0.15, 0.2) is 0 Å². The molecule has 3 rings (SSSR count). The molecule has 2 amide bonds. The van der Waals surface area contributed by atoms with E-state index in [1.165, 1.54) is 5.48 Å². The number of carbonyl (C=O) groups excluding carboxylic acids is 3. The Balaban J connectivity index is 1.85. The van der Waals surface area contributed by atoms with E-state index in [9.17, 15) is 40.7 Å². The van der Waals surface area contributed by atoms with Gasteiger partial charge in [-0.05, 0) is 81.4 Å². The minimum absolute atomic E-state index is 0.230. The zero-order chi connectivity index (χ0) is 32.0. The van der Waals surface area contributed by atoms with E-state index in [4.69, 9.17) is 0 Å². The zero-order valence-electron chi connectivity index (χ0n) is 23.6. The molecule has 0 aliphatic heterocycles. The van der Waals surface area contributed by atoms with Crippen molar-refractivity contribution < 1.29 is 45.6 Å². The summed E-state index contributed by atoms with van der Waals surface area (Å²) in [5.74, 6) is -5.16. The summed E-state index contributed by atoms with van der Waals surface area (Å²) in [5, 5.41) is 6.21. The van der Waals surface area contributed by atoms with Gasteiger partial charge in [0, 0.05) is 23.0 Å². The van der Waals surface area contributed by atoms with Crippen LogP contribution in [0.25, 0.3) is 0 Å². The predicted octanol–water partition coefficient (Wildman–Crippen LogP) is 4.83. The van der Waals surface area contributed by atoms with E-state index in [0.717, 1.165) is 22.6 Å². The monoisotopic (exact) mass is 634 g/mol. The third-order valence-electron chi connectivity index (χ3n) is 7.24. The number of carbonyl (C=O) groups is 3. The van der Waals surface area contributed by atoms with Gasteiger partial charge in [0.05, 0.1) is 17.6 Å². The number of halogens is 6.